The molecular formula is C12H9CuNO7. The van der Waals surface area contributed by atoms with Crippen molar-refractivity contribution in [2.24, 2.45) is 0 Å². The van der Waals surface area contributed by atoms with Crippen LogP contribution in [0.2, 0.25) is 0 Å². The molecule has 0 aliphatic carbocycles. The van der Waals surface area contributed by atoms with Gasteiger partial charge in [-0.3, -0.25) is 0 Å². The van der Waals surface area contributed by atoms with Crippen LogP contribution in [0.4, 0.5) is 0 Å². The maximum Gasteiger partial charge on any atom is 0.371 e. The minimum atomic E-state index is -1.34. The average Bonchev–Trinajstić information content (AvgIpc) is 2.93. The zero-order chi connectivity index (χ0) is 15.1. The summed E-state index contributed by atoms with van der Waals surface area (Å²) < 4.78 is 4.50. The Hall–Kier alpha value is -2.64. The van der Waals surface area contributed by atoms with Crippen LogP contribution in [0.25, 0.3) is 0 Å². The van der Waals surface area contributed by atoms with Crippen LogP contribution in [0.1, 0.15) is 31.4 Å². The Kier molecular flexibility index (Phi) is 7.44. The molecule has 0 atom stereocenters. The fourth-order valence-corrected chi connectivity index (χ4v) is 1.15. The molecular weight excluding hydrogens is 334 g/mol. The number of aromatic carboxylic acids is 3. The number of hydrogen-bond donors (Lipinski definition) is 3. The van der Waals surface area contributed by atoms with E-state index in [1.165, 1.54) is 36.7 Å². The second-order valence-electron chi connectivity index (χ2n) is 3.29. The Balaban J connectivity index is 0.000000390. The van der Waals surface area contributed by atoms with Crippen molar-refractivity contribution in [2.75, 3.05) is 0 Å². The summed E-state index contributed by atoms with van der Waals surface area (Å²) in [7, 11) is 0. The molecule has 2 aromatic rings. The van der Waals surface area contributed by atoms with Crippen LogP contribution in [-0.2, 0) is 17.1 Å². The number of rotatable bonds is 3. The molecule has 0 saturated heterocycles. The van der Waals surface area contributed by atoms with E-state index in [-0.39, 0.29) is 28.4 Å². The van der Waals surface area contributed by atoms with Gasteiger partial charge in [0.1, 0.15) is 0 Å². The van der Waals surface area contributed by atoms with Gasteiger partial charge in [-0.1, -0.05) is 0 Å². The van der Waals surface area contributed by atoms with Crippen molar-refractivity contribution < 1.29 is 51.2 Å². The summed E-state index contributed by atoms with van der Waals surface area (Å²) in [4.78, 5) is 34.2. The Morgan fingerprint density at radius 3 is 1.95 bits per heavy atom. The molecule has 0 bridgehead atoms. The molecule has 2 aromatic heterocycles. The zero-order valence-corrected chi connectivity index (χ0v) is 11.1. The topological polar surface area (TPSA) is 138 Å². The third kappa shape index (κ3) is 5.47. The van der Waals surface area contributed by atoms with E-state index >= 15 is 0 Å². The molecule has 0 aliphatic heterocycles. The van der Waals surface area contributed by atoms with Gasteiger partial charge in [0.25, 0.3) is 0 Å². The number of furan rings is 1. The third-order valence-corrected chi connectivity index (χ3v) is 1.97. The molecule has 0 aliphatic rings. The zero-order valence-electron chi connectivity index (χ0n) is 10.2. The number of nitrogens with zero attached hydrogens (tertiary/aromatic N) is 1. The van der Waals surface area contributed by atoms with E-state index in [1.807, 2.05) is 0 Å². The van der Waals surface area contributed by atoms with Crippen molar-refractivity contribution in [3.63, 3.8) is 0 Å². The summed E-state index contributed by atoms with van der Waals surface area (Å²) in [5.74, 6) is -3.69. The van der Waals surface area contributed by atoms with E-state index in [2.05, 4.69) is 9.40 Å². The molecule has 0 aromatic carbocycles. The summed E-state index contributed by atoms with van der Waals surface area (Å²) in [5.41, 5.74) is -0.741. The molecule has 2 heterocycles. The molecule has 0 fully saturated rings. The summed E-state index contributed by atoms with van der Waals surface area (Å²) in [6.45, 7) is 0. The molecule has 0 saturated carbocycles. The fourth-order valence-electron chi connectivity index (χ4n) is 1.15. The molecule has 0 spiro atoms. The Morgan fingerprint density at radius 2 is 1.62 bits per heavy atom. The van der Waals surface area contributed by atoms with Crippen molar-refractivity contribution >= 4 is 17.9 Å². The van der Waals surface area contributed by atoms with Crippen molar-refractivity contribution in [1.82, 2.24) is 4.98 Å². The Bertz CT molecular complexity index is 591. The summed E-state index contributed by atoms with van der Waals surface area (Å²) >= 11 is 0. The smallest absolute Gasteiger partial charge is 0.371 e. The van der Waals surface area contributed by atoms with Gasteiger partial charge < -0.3 is 19.7 Å². The first-order valence-electron chi connectivity index (χ1n) is 5.12. The van der Waals surface area contributed by atoms with E-state index in [9.17, 15) is 14.4 Å². The number of pyridine rings is 1. The standard InChI is InChI=1S/C7H5NO4.C5H4O3.Cu/c9-6(10)4-2-1-3-8-5(4)7(11)12;6-5(7)4-2-1-3-8-4;/h1-3H,(H,9,10)(H,11,12);1-3H,(H,6,7);. The third-order valence-electron chi connectivity index (χ3n) is 1.97. The van der Waals surface area contributed by atoms with Gasteiger partial charge in [0.2, 0.25) is 5.76 Å². The molecule has 1 radical (unpaired) electrons. The molecule has 8 nitrogen and oxygen atoms in total. The molecule has 0 amide bonds. The van der Waals surface area contributed by atoms with Gasteiger partial charge in [-0.05, 0) is 24.3 Å². The van der Waals surface area contributed by atoms with E-state index < -0.39 is 23.6 Å². The number of aromatic nitrogens is 1. The van der Waals surface area contributed by atoms with E-state index in [4.69, 9.17) is 15.3 Å². The van der Waals surface area contributed by atoms with Gasteiger partial charge in [0.15, 0.2) is 5.69 Å². The van der Waals surface area contributed by atoms with E-state index in [1.54, 1.807) is 0 Å². The second kappa shape index (κ2) is 8.51. The van der Waals surface area contributed by atoms with Crippen molar-refractivity contribution in [1.29, 1.82) is 0 Å². The first-order valence-corrected chi connectivity index (χ1v) is 5.12. The van der Waals surface area contributed by atoms with E-state index in [0.29, 0.717) is 0 Å². The van der Waals surface area contributed by atoms with Gasteiger partial charge in [0, 0.05) is 23.3 Å². The van der Waals surface area contributed by atoms with Crippen LogP contribution in [0, 0.1) is 0 Å². The quantitative estimate of drug-likeness (QED) is 0.712. The van der Waals surface area contributed by atoms with Gasteiger partial charge >= 0.3 is 17.9 Å². The predicted octanol–water partition coefficient (Wildman–Crippen LogP) is 1.45. The number of hydrogen-bond acceptors (Lipinski definition) is 5. The van der Waals surface area contributed by atoms with Crippen LogP contribution >= 0.6 is 0 Å². The van der Waals surface area contributed by atoms with Gasteiger partial charge in [-0.15, -0.1) is 0 Å². The van der Waals surface area contributed by atoms with Gasteiger partial charge in [0.05, 0.1) is 11.8 Å². The SMILES string of the molecule is O=C(O)c1cccnc1C(=O)O.O=C(O)c1ccco1.[Cu]. The Labute approximate surface area is 128 Å². The largest absolute Gasteiger partial charge is 0.478 e. The van der Waals surface area contributed by atoms with E-state index in [0.717, 1.165) is 0 Å². The molecule has 9 heteroatoms. The summed E-state index contributed by atoms with van der Waals surface area (Å²) in [5, 5.41) is 25.2. The first-order chi connectivity index (χ1) is 9.43. The number of carbonyl (C=O) groups is 3. The minimum Gasteiger partial charge on any atom is -0.478 e. The second-order valence-corrected chi connectivity index (χ2v) is 3.29. The number of carboxylic acid groups (broad SMARTS) is 3. The fraction of sp³-hybridized carbons (Fsp3) is 0. The first kappa shape index (κ1) is 18.4. The number of carboxylic acids is 3. The van der Waals surface area contributed by atoms with Crippen LogP contribution in [0.15, 0.2) is 41.1 Å². The summed E-state index contributed by atoms with van der Waals surface area (Å²) in [6, 6.07) is 5.49. The molecule has 115 valence electrons. The molecule has 0 unspecified atom stereocenters. The van der Waals surface area contributed by atoms with Gasteiger partial charge in [-0.25, -0.2) is 19.4 Å². The maximum absolute atomic E-state index is 10.4. The van der Waals surface area contributed by atoms with Gasteiger partial charge in [-0.2, -0.15) is 0 Å². The summed E-state index contributed by atoms with van der Waals surface area (Å²) in [6.07, 6.45) is 2.55. The average molecular weight is 343 g/mol. The normalized spacial score (nSPS) is 8.76. The minimum absolute atomic E-state index is 0. The monoisotopic (exact) mass is 342 g/mol. The van der Waals surface area contributed by atoms with Crippen LogP contribution in [0.3, 0.4) is 0 Å². The molecule has 2 rings (SSSR count). The van der Waals surface area contributed by atoms with Crippen molar-refractivity contribution in [2.45, 2.75) is 0 Å². The molecule has 21 heavy (non-hydrogen) atoms. The van der Waals surface area contributed by atoms with Crippen LogP contribution in [-0.4, -0.2) is 38.2 Å². The van der Waals surface area contributed by atoms with Crippen LogP contribution in [0.5, 0.6) is 0 Å². The van der Waals surface area contributed by atoms with Crippen molar-refractivity contribution in [3.8, 4) is 0 Å². The molecule has 3 N–H and O–H groups in total. The predicted molar refractivity (Wildman–Crippen MR) is 63.8 cm³/mol. The maximum atomic E-state index is 10.4. The Morgan fingerprint density at radius 1 is 0.952 bits per heavy atom. The van der Waals surface area contributed by atoms with Crippen LogP contribution < -0.4 is 0 Å². The van der Waals surface area contributed by atoms with Crippen molar-refractivity contribution in [3.05, 3.63) is 53.7 Å².